The molecule has 0 atom stereocenters. The third kappa shape index (κ3) is 8.22. The lowest BCUT2D eigenvalue weighted by Gasteiger charge is -2.18. The molecule has 0 bridgehead atoms. The van der Waals surface area contributed by atoms with Gasteiger partial charge >= 0.3 is 0 Å². The van der Waals surface area contributed by atoms with E-state index in [9.17, 15) is 10.1 Å². The highest BCUT2D eigenvalue weighted by molar-refractivity contribution is 6.32. The second kappa shape index (κ2) is 15.4. The minimum Gasteiger partial charge on any atom is -0.492 e. The third-order valence-electron chi connectivity index (χ3n) is 6.01. The van der Waals surface area contributed by atoms with Gasteiger partial charge in [-0.05, 0) is 51.7 Å². The number of hydrogen-bond donors (Lipinski definition) is 3. The Kier molecular flexibility index (Phi) is 11.7. The van der Waals surface area contributed by atoms with E-state index in [1.807, 2.05) is 32.8 Å². The minimum atomic E-state index is -0.300. The molecular formula is C31H36ClN7O3. The number of ether oxygens (including phenoxy) is 2. The van der Waals surface area contributed by atoms with Crippen molar-refractivity contribution >= 4 is 51.7 Å². The highest BCUT2D eigenvalue weighted by Crippen LogP contribution is 2.38. The molecule has 11 heteroatoms. The molecule has 0 aliphatic carbocycles. The Labute approximate surface area is 251 Å². The number of rotatable bonds is 13. The molecule has 1 amide bonds. The topological polar surface area (TPSA) is 138 Å². The summed E-state index contributed by atoms with van der Waals surface area (Å²) in [6.45, 7) is 5.03. The Hall–Kier alpha value is -4.59. The summed E-state index contributed by atoms with van der Waals surface area (Å²) in [5, 5.41) is 17.4. The van der Waals surface area contributed by atoms with E-state index in [-0.39, 0.29) is 12.5 Å². The zero-order chi connectivity index (χ0) is 30.6. The van der Waals surface area contributed by atoms with E-state index < -0.39 is 0 Å². The third-order valence-corrected chi connectivity index (χ3v) is 6.31. The Bertz CT molecular complexity index is 1560. The van der Waals surface area contributed by atoms with Gasteiger partial charge in [0.1, 0.15) is 24.2 Å². The summed E-state index contributed by atoms with van der Waals surface area (Å²) in [6.07, 6.45) is 6.83. The maximum Gasteiger partial charge on any atom is 0.248 e. The fourth-order valence-electron chi connectivity index (χ4n) is 4.06. The van der Waals surface area contributed by atoms with Crippen LogP contribution in [0.4, 0.5) is 17.1 Å². The fourth-order valence-corrected chi connectivity index (χ4v) is 4.30. The normalized spacial score (nSPS) is 11.8. The molecule has 3 aromatic rings. The van der Waals surface area contributed by atoms with Crippen LogP contribution < -0.4 is 25.8 Å². The number of nitrogens with two attached hydrogens (primary N) is 1. The molecule has 0 radical (unpaired) electrons. The average molecular weight is 590 g/mol. The molecule has 1 heterocycles. The van der Waals surface area contributed by atoms with Crippen LogP contribution in [0.5, 0.6) is 11.5 Å². The molecule has 2 aromatic carbocycles. The molecule has 0 unspecified atom stereocenters. The standard InChI is InChI=1S/C31H36ClN7O3/c1-6-25-23(17-34)31(36-21-10-11-28(24(32)13-21)42-19-20(16-33)18-35-3)22-14-27(29(41-7-2)15-26(22)37-25)38-30(40)9-8-12-39(4)5/h8-11,13-16,18H,6-7,12,19,33H2,1-5H3,(H,36,37)(H,38,40)/b9-8+,20-16+,35-18?. The molecular weight excluding hydrogens is 554 g/mol. The minimum absolute atomic E-state index is 0.203. The smallest absolute Gasteiger partial charge is 0.248 e. The van der Waals surface area contributed by atoms with Gasteiger partial charge in [0.05, 0.1) is 39.8 Å². The van der Waals surface area contributed by atoms with Gasteiger partial charge in [0.2, 0.25) is 5.91 Å². The lowest BCUT2D eigenvalue weighted by atomic mass is 10.0. The van der Waals surface area contributed by atoms with Gasteiger partial charge in [-0.15, -0.1) is 0 Å². The number of anilines is 3. The summed E-state index contributed by atoms with van der Waals surface area (Å²) in [4.78, 5) is 23.4. The van der Waals surface area contributed by atoms with Crippen molar-refractivity contribution in [3.05, 3.63) is 70.5 Å². The number of benzene rings is 2. The van der Waals surface area contributed by atoms with Gasteiger partial charge < -0.3 is 30.7 Å². The zero-order valence-electron chi connectivity index (χ0n) is 24.5. The number of fused-ring (bicyclic) bond motifs is 1. The first kappa shape index (κ1) is 31.9. The predicted molar refractivity (Wildman–Crippen MR) is 170 cm³/mol. The number of carbonyl (C=O) groups is 1. The molecule has 0 fully saturated rings. The van der Waals surface area contributed by atoms with Gasteiger partial charge in [0.15, 0.2) is 0 Å². The average Bonchev–Trinajstić information content (AvgIpc) is 2.96. The molecule has 0 aliphatic rings. The largest absolute Gasteiger partial charge is 0.492 e. The molecule has 3 rings (SSSR count). The van der Waals surface area contributed by atoms with E-state index in [2.05, 4.69) is 21.7 Å². The first-order valence-corrected chi connectivity index (χ1v) is 13.8. The SMILES string of the molecule is CCOc1cc2nc(CC)c(C#N)c(Nc3ccc(OC/C(C=NC)=C/N)c(Cl)c3)c2cc1NC(=O)/C=C/CN(C)C. The second-order valence-corrected chi connectivity index (χ2v) is 9.82. The van der Waals surface area contributed by atoms with Gasteiger partial charge in [-0.3, -0.25) is 14.8 Å². The summed E-state index contributed by atoms with van der Waals surface area (Å²) >= 11 is 6.55. The molecule has 220 valence electrons. The fraction of sp³-hybridized carbons (Fsp3) is 0.290. The number of aryl methyl sites for hydroxylation is 1. The van der Waals surface area contributed by atoms with Crippen molar-refractivity contribution in [2.75, 3.05) is 51.5 Å². The summed E-state index contributed by atoms with van der Waals surface area (Å²) in [7, 11) is 5.49. The summed E-state index contributed by atoms with van der Waals surface area (Å²) in [5.41, 5.74) is 9.59. The highest BCUT2D eigenvalue weighted by atomic mass is 35.5. The molecule has 4 N–H and O–H groups in total. The lowest BCUT2D eigenvalue weighted by Crippen LogP contribution is -2.13. The molecule has 0 saturated carbocycles. The lowest BCUT2D eigenvalue weighted by molar-refractivity contribution is -0.111. The molecule has 0 saturated heterocycles. The van der Waals surface area contributed by atoms with Crippen LogP contribution in [0.3, 0.4) is 0 Å². The quantitative estimate of drug-likeness (QED) is 0.177. The van der Waals surface area contributed by atoms with Crippen molar-refractivity contribution in [3.63, 3.8) is 0 Å². The number of carbonyl (C=O) groups excluding carboxylic acids is 1. The van der Waals surface area contributed by atoms with Crippen LogP contribution in [-0.4, -0.2) is 62.9 Å². The van der Waals surface area contributed by atoms with Crippen LogP contribution in [0.2, 0.25) is 5.02 Å². The zero-order valence-corrected chi connectivity index (χ0v) is 25.2. The number of halogens is 1. The maximum absolute atomic E-state index is 12.7. The van der Waals surface area contributed by atoms with Gasteiger partial charge in [-0.1, -0.05) is 24.6 Å². The number of amides is 1. The van der Waals surface area contributed by atoms with Crippen molar-refractivity contribution in [2.45, 2.75) is 20.3 Å². The van der Waals surface area contributed by atoms with Crippen molar-refractivity contribution in [1.82, 2.24) is 9.88 Å². The summed E-state index contributed by atoms with van der Waals surface area (Å²) in [6, 6.07) is 11.1. The van der Waals surface area contributed by atoms with E-state index in [1.54, 1.807) is 49.7 Å². The van der Waals surface area contributed by atoms with Crippen molar-refractivity contribution in [1.29, 1.82) is 5.26 Å². The van der Waals surface area contributed by atoms with Crippen molar-refractivity contribution in [3.8, 4) is 17.6 Å². The number of nitrogens with zero attached hydrogens (tertiary/aromatic N) is 4. The highest BCUT2D eigenvalue weighted by Gasteiger charge is 2.19. The number of nitrogens with one attached hydrogen (secondary N) is 2. The van der Waals surface area contributed by atoms with E-state index in [1.165, 1.54) is 12.3 Å². The monoisotopic (exact) mass is 589 g/mol. The van der Waals surface area contributed by atoms with Crippen LogP contribution in [0.1, 0.15) is 25.1 Å². The Morgan fingerprint density at radius 2 is 2.00 bits per heavy atom. The van der Waals surface area contributed by atoms with Crippen LogP contribution in [-0.2, 0) is 11.2 Å². The maximum atomic E-state index is 12.7. The Morgan fingerprint density at radius 3 is 2.62 bits per heavy atom. The molecule has 0 spiro atoms. The number of hydrogen-bond acceptors (Lipinski definition) is 9. The van der Waals surface area contributed by atoms with E-state index in [0.717, 1.165) is 0 Å². The second-order valence-electron chi connectivity index (χ2n) is 9.41. The summed E-state index contributed by atoms with van der Waals surface area (Å²) < 4.78 is 11.7. The van der Waals surface area contributed by atoms with Crippen LogP contribution in [0, 0.1) is 11.3 Å². The number of likely N-dealkylation sites (N-methyl/N-ethyl adjacent to an activating group) is 1. The number of aliphatic imine (C=N–C) groups is 1. The number of aromatic nitrogens is 1. The van der Waals surface area contributed by atoms with E-state index in [0.29, 0.717) is 80.9 Å². The summed E-state index contributed by atoms with van der Waals surface area (Å²) in [5.74, 6) is 0.646. The molecule has 0 aliphatic heterocycles. The first-order valence-electron chi connectivity index (χ1n) is 13.4. The van der Waals surface area contributed by atoms with Crippen molar-refractivity contribution < 1.29 is 14.3 Å². The van der Waals surface area contributed by atoms with Crippen LogP contribution in [0.15, 0.2) is 59.2 Å². The molecule has 10 nitrogen and oxygen atoms in total. The number of pyridine rings is 1. The van der Waals surface area contributed by atoms with E-state index >= 15 is 0 Å². The predicted octanol–water partition coefficient (Wildman–Crippen LogP) is 5.44. The van der Waals surface area contributed by atoms with Gasteiger partial charge in [0.25, 0.3) is 0 Å². The van der Waals surface area contributed by atoms with Crippen LogP contribution >= 0.6 is 11.6 Å². The molecule has 1 aromatic heterocycles. The Balaban J connectivity index is 2.05. The van der Waals surface area contributed by atoms with Crippen LogP contribution in [0.25, 0.3) is 10.9 Å². The first-order chi connectivity index (χ1) is 20.2. The van der Waals surface area contributed by atoms with E-state index in [4.69, 9.17) is 31.8 Å². The van der Waals surface area contributed by atoms with Gasteiger partial charge in [0, 0.05) is 54.8 Å². The Morgan fingerprint density at radius 1 is 1.21 bits per heavy atom. The van der Waals surface area contributed by atoms with Crippen molar-refractivity contribution in [2.24, 2.45) is 10.7 Å². The number of nitriles is 1. The van der Waals surface area contributed by atoms with Gasteiger partial charge in [-0.25, -0.2) is 0 Å². The van der Waals surface area contributed by atoms with Gasteiger partial charge in [-0.2, -0.15) is 5.26 Å². The molecule has 42 heavy (non-hydrogen) atoms.